The third-order valence-corrected chi connectivity index (χ3v) is 6.82. The number of likely N-dealkylation sites (N-methyl/N-ethyl adjacent to an activating group) is 1. The quantitative estimate of drug-likeness (QED) is 0.428. The van der Waals surface area contributed by atoms with Crippen molar-refractivity contribution in [1.82, 2.24) is 4.48 Å². The fourth-order valence-corrected chi connectivity index (χ4v) is 4.99. The minimum absolute atomic E-state index is 1.03. The van der Waals surface area contributed by atoms with Gasteiger partial charge in [-0.2, -0.15) is 0 Å². The average molecular weight is 416 g/mol. The Morgan fingerprint density at radius 3 is 2.06 bits per heavy atom. The van der Waals surface area contributed by atoms with E-state index in [-0.39, 0.29) is 0 Å². The van der Waals surface area contributed by atoms with Crippen LogP contribution in [0.5, 0.6) is 5.75 Å². The number of para-hydroxylation sites is 1. The molecule has 0 aliphatic carbocycles. The van der Waals surface area contributed by atoms with Crippen LogP contribution in [0, 0.1) is 0 Å². The summed E-state index contributed by atoms with van der Waals surface area (Å²) in [6, 6.07) is 26.4. The Morgan fingerprint density at radius 2 is 1.48 bits per heavy atom. The molecule has 0 amide bonds. The third kappa shape index (κ3) is 4.33. The van der Waals surface area contributed by atoms with Crippen molar-refractivity contribution < 1.29 is 4.74 Å². The molecule has 4 rings (SSSR count). The molecule has 0 saturated carbocycles. The Balaban J connectivity index is 1.68. The second-order valence-corrected chi connectivity index (χ2v) is 8.53. The Bertz CT molecular complexity index is 977. The van der Waals surface area contributed by atoms with Crippen LogP contribution in [-0.4, -0.2) is 39.8 Å². The average Bonchev–Trinajstić information content (AvgIpc) is 2.85. The van der Waals surface area contributed by atoms with E-state index in [1.807, 2.05) is 7.11 Å². The lowest BCUT2D eigenvalue weighted by Crippen LogP contribution is -2.60. The minimum Gasteiger partial charge on any atom is -0.494 e. The van der Waals surface area contributed by atoms with Gasteiger partial charge in [-0.15, -0.1) is 0 Å². The van der Waals surface area contributed by atoms with Crippen LogP contribution >= 0.6 is 0 Å². The van der Waals surface area contributed by atoms with Crippen molar-refractivity contribution in [3.63, 3.8) is 0 Å². The Hall–Kier alpha value is -2.78. The monoisotopic (exact) mass is 415 g/mol. The number of nitrogens with zero attached hydrogens (tertiary/aromatic N) is 2. The summed E-state index contributed by atoms with van der Waals surface area (Å²) in [6.45, 7) is 9.97. The van der Waals surface area contributed by atoms with Gasteiger partial charge in [0.15, 0.2) is 0 Å². The molecule has 3 aromatic rings. The molecule has 1 saturated heterocycles. The predicted molar refractivity (Wildman–Crippen MR) is 133 cm³/mol. The molecule has 3 nitrogen and oxygen atoms in total. The van der Waals surface area contributed by atoms with E-state index < -0.39 is 0 Å². The zero-order valence-corrected chi connectivity index (χ0v) is 19.2. The van der Waals surface area contributed by atoms with Crippen molar-refractivity contribution in [3.05, 3.63) is 78.4 Å². The number of rotatable bonds is 7. The number of hydrogen-bond donors (Lipinski definition) is 0. The summed E-state index contributed by atoms with van der Waals surface area (Å²) in [5.74, 6) is 1.05. The molecular formula is C28H35N2O+. The lowest BCUT2D eigenvalue weighted by Gasteiger charge is -2.45. The highest BCUT2D eigenvalue weighted by Crippen LogP contribution is 2.39. The summed E-state index contributed by atoms with van der Waals surface area (Å²) >= 11 is 0. The van der Waals surface area contributed by atoms with Gasteiger partial charge in [-0.25, -0.2) is 0 Å². The first-order valence-corrected chi connectivity index (χ1v) is 11.6. The largest absolute Gasteiger partial charge is 0.494 e. The van der Waals surface area contributed by atoms with E-state index in [1.54, 1.807) is 0 Å². The van der Waals surface area contributed by atoms with Crippen molar-refractivity contribution in [2.45, 2.75) is 26.7 Å². The van der Waals surface area contributed by atoms with Gasteiger partial charge >= 0.3 is 0 Å². The van der Waals surface area contributed by atoms with Crippen LogP contribution in [0.2, 0.25) is 0 Å². The molecule has 1 aliphatic rings. The molecule has 0 N–H and O–H groups in total. The van der Waals surface area contributed by atoms with Gasteiger partial charge in [0.05, 0.1) is 32.4 Å². The fraction of sp³-hybridized carbons (Fsp3) is 0.357. The first kappa shape index (κ1) is 21.5. The first-order chi connectivity index (χ1) is 15.2. The smallest absolute Gasteiger partial charge is 0.145 e. The molecule has 0 bridgehead atoms. The lowest BCUT2D eigenvalue weighted by molar-refractivity contribution is 0.268. The van der Waals surface area contributed by atoms with Crippen LogP contribution in [0.25, 0.3) is 11.1 Å². The van der Waals surface area contributed by atoms with Crippen LogP contribution in [0.3, 0.4) is 0 Å². The molecule has 0 spiro atoms. The number of ether oxygens (including phenoxy) is 1. The molecule has 0 atom stereocenters. The summed E-state index contributed by atoms with van der Waals surface area (Å²) in [5, 5.41) is 0. The first-order valence-electron chi connectivity index (χ1n) is 11.6. The van der Waals surface area contributed by atoms with E-state index in [1.165, 1.54) is 28.1 Å². The maximum absolute atomic E-state index is 5.99. The van der Waals surface area contributed by atoms with Crippen LogP contribution < -0.4 is 14.1 Å². The van der Waals surface area contributed by atoms with Crippen molar-refractivity contribution in [3.8, 4) is 16.9 Å². The summed E-state index contributed by atoms with van der Waals surface area (Å²) in [7, 11) is 1.82. The van der Waals surface area contributed by atoms with Gasteiger partial charge in [0.1, 0.15) is 24.5 Å². The Labute approximate surface area is 187 Å². The minimum atomic E-state index is 1.03. The highest BCUT2D eigenvalue weighted by atomic mass is 16.5. The molecule has 31 heavy (non-hydrogen) atoms. The fourth-order valence-electron chi connectivity index (χ4n) is 4.99. The van der Waals surface area contributed by atoms with Gasteiger partial charge in [-0.05, 0) is 54.3 Å². The van der Waals surface area contributed by atoms with E-state index in [2.05, 4.69) is 91.5 Å². The summed E-state index contributed by atoms with van der Waals surface area (Å²) in [5.41, 5.74) is 6.54. The SMILES string of the molecule is CCCc1cc(-c2ccccc2)cc(N2CC[N+](CC)(c3ccccc3)CC2)c1OC. The van der Waals surface area contributed by atoms with Crippen molar-refractivity contribution in [1.29, 1.82) is 0 Å². The zero-order valence-electron chi connectivity index (χ0n) is 19.2. The highest BCUT2D eigenvalue weighted by Gasteiger charge is 2.34. The van der Waals surface area contributed by atoms with E-state index in [0.717, 1.165) is 55.8 Å². The molecule has 0 aromatic heterocycles. The van der Waals surface area contributed by atoms with Crippen molar-refractivity contribution >= 4 is 11.4 Å². The van der Waals surface area contributed by atoms with E-state index >= 15 is 0 Å². The number of aryl methyl sites for hydroxylation is 1. The second kappa shape index (κ2) is 9.57. The van der Waals surface area contributed by atoms with Gasteiger partial charge in [-0.1, -0.05) is 61.9 Å². The van der Waals surface area contributed by atoms with Gasteiger partial charge in [0.2, 0.25) is 0 Å². The Morgan fingerprint density at radius 1 is 0.839 bits per heavy atom. The molecule has 1 fully saturated rings. The molecule has 0 unspecified atom stereocenters. The molecule has 162 valence electrons. The number of anilines is 1. The lowest BCUT2D eigenvalue weighted by atomic mass is 9.98. The number of piperazine rings is 1. The number of quaternary nitrogens is 1. The van der Waals surface area contributed by atoms with Gasteiger partial charge < -0.3 is 9.64 Å². The third-order valence-electron chi connectivity index (χ3n) is 6.82. The topological polar surface area (TPSA) is 12.5 Å². The number of hydrogen-bond acceptors (Lipinski definition) is 2. The molecule has 3 aromatic carbocycles. The number of benzene rings is 3. The normalized spacial score (nSPS) is 15.6. The maximum Gasteiger partial charge on any atom is 0.145 e. The molecular weight excluding hydrogens is 380 g/mol. The molecule has 1 aliphatic heterocycles. The van der Waals surface area contributed by atoms with Crippen molar-refractivity contribution in [2.75, 3.05) is 44.7 Å². The van der Waals surface area contributed by atoms with E-state index in [9.17, 15) is 0 Å². The molecule has 0 radical (unpaired) electrons. The zero-order chi connectivity index (χ0) is 21.7. The summed E-state index contributed by atoms with van der Waals surface area (Å²) in [4.78, 5) is 2.54. The maximum atomic E-state index is 5.99. The van der Waals surface area contributed by atoms with Crippen LogP contribution in [0.4, 0.5) is 11.4 Å². The Kier molecular flexibility index (Phi) is 6.62. The second-order valence-electron chi connectivity index (χ2n) is 8.53. The van der Waals surface area contributed by atoms with Crippen LogP contribution in [0.1, 0.15) is 25.8 Å². The highest BCUT2D eigenvalue weighted by molar-refractivity contribution is 5.75. The predicted octanol–water partition coefficient (Wildman–Crippen LogP) is 6.16. The standard InChI is InChI=1S/C28H35N2O/c1-4-12-24-21-25(23-13-8-6-9-14-23)22-27(28(24)31-3)29-17-19-30(5-2,20-18-29)26-15-10-7-11-16-26/h6-11,13-16,21-22H,4-5,12,17-20H2,1-3H3/q+1. The van der Waals surface area contributed by atoms with Crippen LogP contribution in [0.15, 0.2) is 72.8 Å². The summed E-state index contributed by atoms with van der Waals surface area (Å²) < 4.78 is 7.04. The van der Waals surface area contributed by atoms with Crippen molar-refractivity contribution in [2.24, 2.45) is 0 Å². The van der Waals surface area contributed by atoms with Crippen LogP contribution in [-0.2, 0) is 6.42 Å². The van der Waals surface area contributed by atoms with Gasteiger partial charge in [0, 0.05) is 0 Å². The number of methoxy groups -OCH3 is 1. The van der Waals surface area contributed by atoms with Gasteiger partial charge in [-0.3, -0.25) is 4.48 Å². The molecule has 1 heterocycles. The van der Waals surface area contributed by atoms with Gasteiger partial charge in [0.25, 0.3) is 0 Å². The molecule has 3 heteroatoms. The van der Waals surface area contributed by atoms with E-state index in [0.29, 0.717) is 0 Å². The van der Waals surface area contributed by atoms with E-state index in [4.69, 9.17) is 4.74 Å². The summed E-state index contributed by atoms with van der Waals surface area (Å²) in [6.07, 6.45) is 2.14.